The van der Waals surface area contributed by atoms with Crippen molar-refractivity contribution in [3.8, 4) is 0 Å². The van der Waals surface area contributed by atoms with Gasteiger partial charge in [-0.25, -0.2) is 0 Å². The van der Waals surface area contributed by atoms with Crippen LogP contribution in [0, 0.1) is 5.92 Å². The molecule has 1 aromatic carbocycles. The molecule has 0 aliphatic heterocycles. The summed E-state index contributed by atoms with van der Waals surface area (Å²) in [6.07, 6.45) is 2.71. The van der Waals surface area contributed by atoms with Crippen LogP contribution in [0.15, 0.2) is 24.3 Å². The minimum Gasteiger partial charge on any atom is -0.376 e. The average molecular weight is 247 g/mol. The Morgan fingerprint density at radius 1 is 1.22 bits per heavy atom. The number of rotatable bonds is 6. The number of nitrogens with one attached hydrogen (secondary N) is 1. The predicted molar refractivity (Wildman–Crippen MR) is 75.4 cm³/mol. The Morgan fingerprint density at radius 3 is 2.61 bits per heavy atom. The van der Waals surface area contributed by atoms with Gasteiger partial charge in [0, 0.05) is 18.7 Å². The second kappa shape index (κ2) is 5.85. The molecule has 0 atom stereocenters. The Morgan fingerprint density at radius 2 is 1.94 bits per heavy atom. The molecular formula is C16H25NO. The standard InChI is InChI=1S/C16H25NO/c1-16(2,3)17-10-14-5-4-6-15(9-14)12-18-11-13-7-8-13/h4-6,9,13,17H,7-8,10-12H2,1-3H3. The smallest absolute Gasteiger partial charge is 0.0717 e. The molecule has 0 unspecified atom stereocenters. The van der Waals surface area contributed by atoms with Gasteiger partial charge in [-0.3, -0.25) is 0 Å². The molecular weight excluding hydrogens is 222 g/mol. The lowest BCUT2D eigenvalue weighted by molar-refractivity contribution is 0.111. The second-order valence-electron chi connectivity index (χ2n) is 6.38. The van der Waals surface area contributed by atoms with E-state index < -0.39 is 0 Å². The minimum atomic E-state index is 0.165. The molecule has 2 heteroatoms. The van der Waals surface area contributed by atoms with E-state index in [1.54, 1.807) is 0 Å². The van der Waals surface area contributed by atoms with Crippen LogP contribution in [0.2, 0.25) is 0 Å². The van der Waals surface area contributed by atoms with Crippen molar-refractivity contribution in [1.29, 1.82) is 0 Å². The Labute approximate surface area is 111 Å². The maximum absolute atomic E-state index is 5.72. The predicted octanol–water partition coefficient (Wildman–Crippen LogP) is 3.50. The van der Waals surface area contributed by atoms with E-state index in [0.29, 0.717) is 0 Å². The van der Waals surface area contributed by atoms with Crippen LogP contribution in [0.5, 0.6) is 0 Å². The molecule has 1 aromatic rings. The maximum atomic E-state index is 5.72. The van der Waals surface area contributed by atoms with E-state index in [4.69, 9.17) is 4.74 Å². The average Bonchev–Trinajstić information content (AvgIpc) is 3.10. The van der Waals surface area contributed by atoms with Gasteiger partial charge in [0.15, 0.2) is 0 Å². The summed E-state index contributed by atoms with van der Waals surface area (Å²) < 4.78 is 5.72. The van der Waals surface area contributed by atoms with Crippen molar-refractivity contribution < 1.29 is 4.74 Å². The highest BCUT2D eigenvalue weighted by atomic mass is 16.5. The number of hydrogen-bond donors (Lipinski definition) is 1. The van der Waals surface area contributed by atoms with Crippen molar-refractivity contribution in [1.82, 2.24) is 5.32 Å². The highest BCUT2D eigenvalue weighted by Crippen LogP contribution is 2.29. The molecule has 18 heavy (non-hydrogen) atoms. The van der Waals surface area contributed by atoms with E-state index in [-0.39, 0.29) is 5.54 Å². The second-order valence-corrected chi connectivity index (χ2v) is 6.38. The lowest BCUT2D eigenvalue weighted by Gasteiger charge is -2.20. The quantitative estimate of drug-likeness (QED) is 0.830. The summed E-state index contributed by atoms with van der Waals surface area (Å²) in [5.41, 5.74) is 2.78. The van der Waals surface area contributed by atoms with Gasteiger partial charge in [-0.05, 0) is 50.7 Å². The van der Waals surface area contributed by atoms with E-state index in [0.717, 1.165) is 25.7 Å². The number of ether oxygens (including phenoxy) is 1. The molecule has 2 rings (SSSR count). The van der Waals surface area contributed by atoms with Gasteiger partial charge in [-0.2, -0.15) is 0 Å². The molecule has 0 saturated heterocycles. The maximum Gasteiger partial charge on any atom is 0.0717 e. The van der Waals surface area contributed by atoms with Crippen LogP contribution < -0.4 is 5.32 Å². The van der Waals surface area contributed by atoms with Crippen LogP contribution in [-0.4, -0.2) is 12.1 Å². The van der Waals surface area contributed by atoms with Gasteiger partial charge in [-0.1, -0.05) is 24.3 Å². The third-order valence-corrected chi connectivity index (χ3v) is 3.13. The molecule has 100 valence electrons. The first kappa shape index (κ1) is 13.6. The molecule has 1 N–H and O–H groups in total. The molecule has 0 heterocycles. The first-order chi connectivity index (χ1) is 8.53. The molecule has 0 bridgehead atoms. The van der Waals surface area contributed by atoms with Crippen LogP contribution >= 0.6 is 0 Å². The van der Waals surface area contributed by atoms with Crippen LogP contribution in [0.3, 0.4) is 0 Å². The summed E-state index contributed by atoms with van der Waals surface area (Å²) in [7, 11) is 0. The first-order valence-corrected chi connectivity index (χ1v) is 6.93. The van der Waals surface area contributed by atoms with Crippen LogP contribution in [0.25, 0.3) is 0 Å². The van der Waals surface area contributed by atoms with Gasteiger partial charge in [0.05, 0.1) is 6.61 Å². The summed E-state index contributed by atoms with van der Waals surface area (Å²) in [6.45, 7) is 9.17. The molecule has 0 aromatic heterocycles. The van der Waals surface area contributed by atoms with Crippen molar-refractivity contribution in [3.63, 3.8) is 0 Å². The Kier molecular flexibility index (Phi) is 4.41. The van der Waals surface area contributed by atoms with Crippen molar-refractivity contribution in [3.05, 3.63) is 35.4 Å². The van der Waals surface area contributed by atoms with E-state index in [1.807, 2.05) is 0 Å². The fourth-order valence-corrected chi connectivity index (χ4v) is 1.82. The molecule has 0 radical (unpaired) electrons. The highest BCUT2D eigenvalue weighted by Gasteiger charge is 2.20. The Balaban J connectivity index is 1.79. The van der Waals surface area contributed by atoms with Gasteiger partial charge in [0.1, 0.15) is 0 Å². The molecule has 1 saturated carbocycles. The van der Waals surface area contributed by atoms with E-state index in [1.165, 1.54) is 24.0 Å². The highest BCUT2D eigenvalue weighted by molar-refractivity contribution is 5.23. The van der Waals surface area contributed by atoms with Crippen molar-refractivity contribution in [2.75, 3.05) is 6.61 Å². The van der Waals surface area contributed by atoms with Gasteiger partial charge < -0.3 is 10.1 Å². The van der Waals surface area contributed by atoms with Crippen LogP contribution in [0.4, 0.5) is 0 Å². The fraction of sp³-hybridized carbons (Fsp3) is 0.625. The summed E-state index contributed by atoms with van der Waals surface area (Å²) >= 11 is 0. The largest absolute Gasteiger partial charge is 0.376 e. The molecule has 1 fully saturated rings. The molecule has 1 aliphatic carbocycles. The summed E-state index contributed by atoms with van der Waals surface area (Å²) in [5.74, 6) is 0.843. The van der Waals surface area contributed by atoms with E-state index >= 15 is 0 Å². The molecule has 0 amide bonds. The molecule has 2 nitrogen and oxygen atoms in total. The minimum absolute atomic E-state index is 0.165. The van der Waals surface area contributed by atoms with Gasteiger partial charge in [-0.15, -0.1) is 0 Å². The number of benzene rings is 1. The monoisotopic (exact) mass is 247 g/mol. The van der Waals surface area contributed by atoms with Crippen LogP contribution in [0.1, 0.15) is 44.7 Å². The summed E-state index contributed by atoms with van der Waals surface area (Å²) in [5, 5.41) is 3.51. The molecule has 1 aliphatic rings. The Hall–Kier alpha value is -0.860. The zero-order valence-corrected chi connectivity index (χ0v) is 11.8. The van der Waals surface area contributed by atoms with Crippen LogP contribution in [-0.2, 0) is 17.9 Å². The summed E-state index contributed by atoms with van der Waals surface area (Å²) in [4.78, 5) is 0. The van der Waals surface area contributed by atoms with Crippen molar-refractivity contribution in [2.24, 2.45) is 5.92 Å². The third kappa shape index (κ3) is 5.19. The van der Waals surface area contributed by atoms with Gasteiger partial charge in [0.2, 0.25) is 0 Å². The Bertz CT molecular complexity index is 377. The van der Waals surface area contributed by atoms with E-state index in [2.05, 4.69) is 50.4 Å². The zero-order valence-electron chi connectivity index (χ0n) is 11.8. The lowest BCUT2D eigenvalue weighted by atomic mass is 10.1. The zero-order chi connectivity index (χ0) is 13.0. The van der Waals surface area contributed by atoms with Crippen molar-refractivity contribution >= 4 is 0 Å². The van der Waals surface area contributed by atoms with Crippen molar-refractivity contribution in [2.45, 2.75) is 52.3 Å². The van der Waals surface area contributed by atoms with Gasteiger partial charge >= 0.3 is 0 Å². The third-order valence-electron chi connectivity index (χ3n) is 3.13. The fourth-order valence-electron chi connectivity index (χ4n) is 1.82. The molecule has 0 spiro atoms. The number of hydrogen-bond acceptors (Lipinski definition) is 2. The SMILES string of the molecule is CC(C)(C)NCc1cccc(COCC2CC2)c1. The first-order valence-electron chi connectivity index (χ1n) is 6.93. The normalized spacial score (nSPS) is 15.9. The van der Waals surface area contributed by atoms with Gasteiger partial charge in [0.25, 0.3) is 0 Å². The lowest BCUT2D eigenvalue weighted by Crippen LogP contribution is -2.35. The topological polar surface area (TPSA) is 21.3 Å². The summed E-state index contributed by atoms with van der Waals surface area (Å²) in [6, 6.07) is 8.68. The van der Waals surface area contributed by atoms with E-state index in [9.17, 15) is 0 Å².